The van der Waals surface area contributed by atoms with Gasteiger partial charge in [0, 0.05) is 25.4 Å². The molecular formula is C20H22N6O2. The van der Waals surface area contributed by atoms with Gasteiger partial charge >= 0.3 is 0 Å². The lowest BCUT2D eigenvalue weighted by Gasteiger charge is -2.29. The first-order valence-corrected chi connectivity index (χ1v) is 9.34. The van der Waals surface area contributed by atoms with E-state index in [9.17, 15) is 4.79 Å². The molecule has 3 aromatic rings. The van der Waals surface area contributed by atoms with Crippen molar-refractivity contribution in [2.24, 2.45) is 5.92 Å². The molecule has 0 spiro atoms. The molecule has 8 heteroatoms. The summed E-state index contributed by atoms with van der Waals surface area (Å²) in [7, 11) is 1.53. The van der Waals surface area contributed by atoms with Crippen LogP contribution in [0, 0.1) is 5.92 Å². The summed E-state index contributed by atoms with van der Waals surface area (Å²) in [5.74, 6) is 1.49. The molecule has 0 saturated carbocycles. The minimum atomic E-state index is -0.0655. The van der Waals surface area contributed by atoms with Crippen LogP contribution in [0.25, 0.3) is 17.2 Å². The summed E-state index contributed by atoms with van der Waals surface area (Å²) in [4.78, 5) is 19.3. The molecule has 8 nitrogen and oxygen atoms in total. The van der Waals surface area contributed by atoms with Crippen LogP contribution in [0.2, 0.25) is 0 Å². The Labute approximate surface area is 163 Å². The van der Waals surface area contributed by atoms with Gasteiger partial charge in [-0.25, -0.2) is 4.68 Å². The third-order valence-electron chi connectivity index (χ3n) is 4.98. The predicted octanol–water partition coefficient (Wildman–Crippen LogP) is 2.61. The fourth-order valence-electron chi connectivity index (χ4n) is 3.27. The maximum Gasteiger partial charge on any atom is 0.274 e. The van der Waals surface area contributed by atoms with Gasteiger partial charge in [-0.2, -0.15) is 5.10 Å². The lowest BCUT2D eigenvalue weighted by atomic mass is 9.99. The van der Waals surface area contributed by atoms with Crippen LogP contribution in [-0.4, -0.2) is 56.0 Å². The molecule has 1 fully saturated rings. The highest BCUT2D eigenvalue weighted by Gasteiger charge is 2.25. The van der Waals surface area contributed by atoms with Gasteiger partial charge in [-0.15, -0.1) is 10.2 Å². The first-order chi connectivity index (χ1) is 13.7. The second-order valence-electron chi connectivity index (χ2n) is 6.95. The predicted molar refractivity (Wildman–Crippen MR) is 103 cm³/mol. The number of pyridine rings is 1. The molecule has 1 amide bonds. The van der Waals surface area contributed by atoms with E-state index in [2.05, 4.69) is 27.2 Å². The van der Waals surface area contributed by atoms with E-state index in [-0.39, 0.29) is 5.91 Å². The SMILES string of the molecule is COc1ccc(-n2nc(C(=O)N3CCC(C)CC3)cc2-c2ccccn2)nn1. The number of carbonyl (C=O) groups is 1. The molecule has 0 aliphatic carbocycles. The number of hydrogen-bond donors (Lipinski definition) is 0. The van der Waals surface area contributed by atoms with E-state index in [0.29, 0.717) is 34.7 Å². The number of carbonyl (C=O) groups excluding carboxylic acids is 1. The number of rotatable bonds is 4. The fourth-order valence-corrected chi connectivity index (χ4v) is 3.27. The highest BCUT2D eigenvalue weighted by atomic mass is 16.5. The average molecular weight is 378 g/mol. The van der Waals surface area contributed by atoms with E-state index >= 15 is 0 Å². The Balaban J connectivity index is 1.72. The zero-order valence-electron chi connectivity index (χ0n) is 15.9. The molecule has 0 radical (unpaired) electrons. The summed E-state index contributed by atoms with van der Waals surface area (Å²) in [6.07, 6.45) is 3.74. The largest absolute Gasteiger partial charge is 0.480 e. The number of piperidine rings is 1. The third kappa shape index (κ3) is 3.58. The van der Waals surface area contributed by atoms with Crippen LogP contribution >= 0.6 is 0 Å². The molecule has 0 N–H and O–H groups in total. The van der Waals surface area contributed by atoms with Crippen molar-refractivity contribution < 1.29 is 9.53 Å². The molecule has 0 atom stereocenters. The summed E-state index contributed by atoms with van der Waals surface area (Å²) in [6, 6.07) is 10.9. The first kappa shape index (κ1) is 18.1. The first-order valence-electron chi connectivity index (χ1n) is 9.34. The quantitative estimate of drug-likeness (QED) is 0.694. The minimum Gasteiger partial charge on any atom is -0.480 e. The smallest absolute Gasteiger partial charge is 0.274 e. The van der Waals surface area contributed by atoms with Gasteiger partial charge in [-0.3, -0.25) is 9.78 Å². The molecule has 4 heterocycles. The summed E-state index contributed by atoms with van der Waals surface area (Å²) < 4.78 is 6.68. The van der Waals surface area contributed by atoms with Gasteiger partial charge in [-0.05, 0) is 43.0 Å². The molecule has 1 aliphatic rings. The molecule has 0 unspecified atom stereocenters. The van der Waals surface area contributed by atoms with Crippen LogP contribution in [0.15, 0.2) is 42.6 Å². The van der Waals surface area contributed by atoms with E-state index in [0.717, 1.165) is 25.9 Å². The summed E-state index contributed by atoms with van der Waals surface area (Å²) in [5, 5.41) is 12.7. The minimum absolute atomic E-state index is 0.0655. The Morgan fingerprint density at radius 2 is 1.96 bits per heavy atom. The Morgan fingerprint density at radius 1 is 1.14 bits per heavy atom. The van der Waals surface area contributed by atoms with Crippen LogP contribution in [0.5, 0.6) is 5.88 Å². The molecule has 3 aromatic heterocycles. The van der Waals surface area contributed by atoms with Crippen molar-refractivity contribution in [3.8, 4) is 23.1 Å². The summed E-state index contributed by atoms with van der Waals surface area (Å²) in [5.41, 5.74) is 1.78. The third-order valence-corrected chi connectivity index (χ3v) is 4.98. The van der Waals surface area contributed by atoms with Gasteiger partial charge in [0.25, 0.3) is 5.91 Å². The van der Waals surface area contributed by atoms with Crippen LogP contribution in [0.3, 0.4) is 0 Å². The van der Waals surface area contributed by atoms with Gasteiger partial charge in [0.2, 0.25) is 5.88 Å². The van der Waals surface area contributed by atoms with Crippen molar-refractivity contribution in [3.63, 3.8) is 0 Å². The second kappa shape index (κ2) is 7.75. The van der Waals surface area contributed by atoms with Crippen molar-refractivity contribution in [1.82, 2.24) is 29.9 Å². The van der Waals surface area contributed by atoms with Crippen molar-refractivity contribution >= 4 is 5.91 Å². The summed E-state index contributed by atoms with van der Waals surface area (Å²) >= 11 is 0. The van der Waals surface area contributed by atoms with E-state index in [4.69, 9.17) is 4.74 Å². The number of nitrogens with zero attached hydrogens (tertiary/aromatic N) is 6. The highest BCUT2D eigenvalue weighted by molar-refractivity contribution is 5.93. The average Bonchev–Trinajstić information content (AvgIpc) is 3.20. The lowest BCUT2D eigenvalue weighted by Crippen LogP contribution is -2.38. The highest BCUT2D eigenvalue weighted by Crippen LogP contribution is 2.24. The number of aromatic nitrogens is 5. The standard InChI is InChI=1S/C20H22N6O2/c1-14-8-11-25(12-9-14)20(27)16-13-17(15-5-3-4-10-21-15)26(24-16)18-6-7-19(28-2)23-22-18/h3-7,10,13-14H,8-9,11-12H2,1-2H3. The molecule has 1 saturated heterocycles. The fraction of sp³-hybridized carbons (Fsp3) is 0.350. The van der Waals surface area contributed by atoms with Gasteiger partial charge in [-0.1, -0.05) is 13.0 Å². The van der Waals surface area contributed by atoms with Gasteiger partial charge in [0.05, 0.1) is 18.5 Å². The number of methoxy groups -OCH3 is 1. The normalized spacial score (nSPS) is 14.9. The Bertz CT molecular complexity index is 947. The molecule has 0 aromatic carbocycles. The maximum absolute atomic E-state index is 13.0. The monoisotopic (exact) mass is 378 g/mol. The Kier molecular flexibility index (Phi) is 5.01. The van der Waals surface area contributed by atoms with Crippen molar-refractivity contribution in [2.75, 3.05) is 20.2 Å². The molecule has 4 rings (SSSR count). The lowest BCUT2D eigenvalue weighted by molar-refractivity contribution is 0.0690. The van der Waals surface area contributed by atoms with Crippen LogP contribution < -0.4 is 4.74 Å². The van der Waals surface area contributed by atoms with Gasteiger partial charge in [0.1, 0.15) is 0 Å². The molecule has 0 bridgehead atoms. The van der Waals surface area contributed by atoms with E-state index in [1.165, 1.54) is 7.11 Å². The van der Waals surface area contributed by atoms with Crippen molar-refractivity contribution in [2.45, 2.75) is 19.8 Å². The molecule has 28 heavy (non-hydrogen) atoms. The van der Waals surface area contributed by atoms with E-state index in [1.807, 2.05) is 23.1 Å². The van der Waals surface area contributed by atoms with Gasteiger partial charge < -0.3 is 9.64 Å². The van der Waals surface area contributed by atoms with Crippen LogP contribution in [-0.2, 0) is 0 Å². The number of ether oxygens (including phenoxy) is 1. The van der Waals surface area contributed by atoms with Crippen LogP contribution in [0.1, 0.15) is 30.3 Å². The molecular weight excluding hydrogens is 356 g/mol. The zero-order valence-corrected chi connectivity index (χ0v) is 15.9. The van der Waals surface area contributed by atoms with Gasteiger partial charge in [0.15, 0.2) is 11.5 Å². The van der Waals surface area contributed by atoms with E-state index in [1.54, 1.807) is 29.1 Å². The second-order valence-corrected chi connectivity index (χ2v) is 6.95. The number of likely N-dealkylation sites (tertiary alicyclic amines) is 1. The Morgan fingerprint density at radius 3 is 2.61 bits per heavy atom. The maximum atomic E-state index is 13.0. The van der Waals surface area contributed by atoms with Crippen molar-refractivity contribution in [3.05, 3.63) is 48.3 Å². The molecule has 144 valence electrons. The molecule has 1 aliphatic heterocycles. The topological polar surface area (TPSA) is 86.0 Å². The van der Waals surface area contributed by atoms with Crippen LogP contribution in [0.4, 0.5) is 0 Å². The number of hydrogen-bond acceptors (Lipinski definition) is 6. The summed E-state index contributed by atoms with van der Waals surface area (Å²) in [6.45, 7) is 3.74. The number of amides is 1. The zero-order chi connectivity index (χ0) is 19.5. The van der Waals surface area contributed by atoms with Crippen molar-refractivity contribution in [1.29, 1.82) is 0 Å². The van der Waals surface area contributed by atoms with E-state index < -0.39 is 0 Å². The Hall–Kier alpha value is -3.29.